The van der Waals surface area contributed by atoms with Gasteiger partial charge in [0.05, 0.1) is 0 Å². The molecule has 1 nitrogen and oxygen atoms in total. The third kappa shape index (κ3) is 5.36. The smallest absolute Gasteiger partial charge is 0.00477 e. The van der Waals surface area contributed by atoms with Crippen molar-refractivity contribution in [2.24, 2.45) is 0 Å². The Bertz CT molecular complexity index is 274. The molecule has 0 aliphatic rings. The highest BCUT2D eigenvalue weighted by Crippen LogP contribution is 2.09. The Morgan fingerprint density at radius 3 is 2.33 bits per heavy atom. The zero-order valence-corrected chi connectivity index (χ0v) is 9.63. The molecule has 0 fully saturated rings. The second-order valence-electron chi connectivity index (χ2n) is 4.14. The van der Waals surface area contributed by atoms with Crippen molar-refractivity contribution in [2.45, 2.75) is 45.4 Å². The molecule has 0 bridgehead atoms. The fourth-order valence-electron chi connectivity index (χ4n) is 1.68. The van der Waals surface area contributed by atoms with Crippen LogP contribution in [0.3, 0.4) is 0 Å². The minimum atomic E-state index is 0.949. The van der Waals surface area contributed by atoms with E-state index in [-0.39, 0.29) is 0 Å². The Hall–Kier alpha value is -1.11. The Labute approximate surface area is 93.0 Å². The Balaban J connectivity index is 2.09. The normalized spacial score (nSPS) is 10.2. The zero-order chi connectivity index (χ0) is 10.9. The van der Waals surface area contributed by atoms with E-state index in [1.807, 2.05) is 0 Å². The van der Waals surface area contributed by atoms with Crippen LogP contribution in [0.25, 0.3) is 0 Å². The van der Waals surface area contributed by atoms with Crippen molar-refractivity contribution in [3.8, 4) is 0 Å². The number of rotatable bonds is 7. The van der Waals surface area contributed by atoms with Gasteiger partial charge in [-0.15, -0.1) is 0 Å². The highest BCUT2D eigenvalue weighted by Gasteiger charge is 1.93. The minimum Gasteiger partial charge on any atom is -0.313 e. The van der Waals surface area contributed by atoms with Gasteiger partial charge in [0.15, 0.2) is 0 Å². The largest absolute Gasteiger partial charge is 0.313 e. The maximum absolute atomic E-state index is 6.91. The zero-order valence-electron chi connectivity index (χ0n) is 9.63. The molecule has 0 aromatic heterocycles. The SMILES string of the molecule is Cc1ccc(CCCCCCC=N)cc1. The van der Waals surface area contributed by atoms with Crippen molar-refractivity contribution in [1.29, 1.82) is 5.41 Å². The molecule has 1 N–H and O–H groups in total. The summed E-state index contributed by atoms with van der Waals surface area (Å²) in [5.41, 5.74) is 2.79. The molecule has 0 heterocycles. The van der Waals surface area contributed by atoms with Crippen molar-refractivity contribution in [1.82, 2.24) is 0 Å². The van der Waals surface area contributed by atoms with Crippen molar-refractivity contribution >= 4 is 6.21 Å². The van der Waals surface area contributed by atoms with Crippen molar-refractivity contribution in [3.63, 3.8) is 0 Å². The van der Waals surface area contributed by atoms with Gasteiger partial charge in [-0.25, -0.2) is 0 Å². The third-order valence-electron chi connectivity index (χ3n) is 2.68. The lowest BCUT2D eigenvalue weighted by Crippen LogP contribution is -1.86. The molecule has 82 valence electrons. The molecular weight excluding hydrogens is 182 g/mol. The Morgan fingerprint density at radius 2 is 1.67 bits per heavy atom. The van der Waals surface area contributed by atoms with E-state index < -0.39 is 0 Å². The summed E-state index contributed by atoms with van der Waals surface area (Å²) in [7, 11) is 0. The minimum absolute atomic E-state index is 0.949. The lowest BCUT2D eigenvalue weighted by Gasteiger charge is -2.01. The molecule has 0 amide bonds. The summed E-state index contributed by atoms with van der Waals surface area (Å²) in [6, 6.07) is 8.83. The van der Waals surface area contributed by atoms with Crippen LogP contribution in [0.15, 0.2) is 24.3 Å². The number of hydrogen-bond donors (Lipinski definition) is 1. The van der Waals surface area contributed by atoms with E-state index in [1.165, 1.54) is 49.4 Å². The molecule has 0 saturated heterocycles. The van der Waals surface area contributed by atoms with E-state index in [0.29, 0.717) is 0 Å². The van der Waals surface area contributed by atoms with Gasteiger partial charge in [-0.3, -0.25) is 0 Å². The summed E-state index contributed by atoms with van der Waals surface area (Å²) in [5.74, 6) is 0. The second-order valence-corrected chi connectivity index (χ2v) is 4.14. The van der Waals surface area contributed by atoms with Crippen molar-refractivity contribution < 1.29 is 0 Å². The Morgan fingerprint density at radius 1 is 1.00 bits per heavy atom. The molecule has 1 heteroatoms. The first-order valence-electron chi connectivity index (χ1n) is 5.87. The first kappa shape index (κ1) is 12.0. The monoisotopic (exact) mass is 203 g/mol. The van der Waals surface area contributed by atoms with Gasteiger partial charge in [-0.2, -0.15) is 0 Å². The van der Waals surface area contributed by atoms with Gasteiger partial charge in [0.2, 0.25) is 0 Å². The molecule has 0 saturated carbocycles. The molecular formula is C14H21N. The van der Waals surface area contributed by atoms with Crippen LogP contribution in [0, 0.1) is 12.3 Å². The fraction of sp³-hybridized carbons (Fsp3) is 0.500. The molecule has 0 unspecified atom stereocenters. The summed E-state index contributed by atoms with van der Waals surface area (Å²) in [4.78, 5) is 0. The molecule has 0 spiro atoms. The van der Waals surface area contributed by atoms with Gasteiger partial charge >= 0.3 is 0 Å². The fourth-order valence-corrected chi connectivity index (χ4v) is 1.68. The van der Waals surface area contributed by atoms with Crippen LogP contribution < -0.4 is 0 Å². The average Bonchev–Trinajstić information content (AvgIpc) is 2.26. The van der Waals surface area contributed by atoms with Crippen LogP contribution in [-0.4, -0.2) is 6.21 Å². The summed E-state index contributed by atoms with van der Waals surface area (Å²) < 4.78 is 0. The molecule has 15 heavy (non-hydrogen) atoms. The molecule has 0 aliphatic carbocycles. The quantitative estimate of drug-likeness (QED) is 0.509. The van der Waals surface area contributed by atoms with Gasteiger partial charge in [0, 0.05) is 0 Å². The first-order chi connectivity index (χ1) is 7.33. The van der Waals surface area contributed by atoms with Crippen LogP contribution >= 0.6 is 0 Å². The van der Waals surface area contributed by atoms with Crippen LogP contribution in [-0.2, 0) is 6.42 Å². The van der Waals surface area contributed by atoms with Gasteiger partial charge < -0.3 is 5.41 Å². The molecule has 0 atom stereocenters. The lowest BCUT2D eigenvalue weighted by molar-refractivity contribution is 0.654. The first-order valence-corrected chi connectivity index (χ1v) is 5.87. The van der Waals surface area contributed by atoms with E-state index in [0.717, 1.165) is 6.42 Å². The van der Waals surface area contributed by atoms with E-state index in [2.05, 4.69) is 31.2 Å². The third-order valence-corrected chi connectivity index (χ3v) is 2.68. The van der Waals surface area contributed by atoms with Gasteiger partial charge in [-0.1, -0.05) is 42.7 Å². The Kier molecular flexibility index (Phi) is 5.76. The van der Waals surface area contributed by atoms with E-state index >= 15 is 0 Å². The number of benzene rings is 1. The number of aryl methyl sites for hydroxylation is 2. The van der Waals surface area contributed by atoms with Gasteiger partial charge in [0.25, 0.3) is 0 Å². The van der Waals surface area contributed by atoms with Crippen molar-refractivity contribution in [2.75, 3.05) is 0 Å². The molecule has 1 aromatic rings. The maximum atomic E-state index is 6.91. The molecule has 1 aromatic carbocycles. The summed E-state index contributed by atoms with van der Waals surface area (Å²) in [5, 5.41) is 6.91. The van der Waals surface area contributed by atoms with Crippen molar-refractivity contribution in [3.05, 3.63) is 35.4 Å². The summed E-state index contributed by atoms with van der Waals surface area (Å²) in [6.45, 7) is 2.13. The van der Waals surface area contributed by atoms with Crippen LogP contribution in [0.5, 0.6) is 0 Å². The predicted octanol–water partition coefficient (Wildman–Crippen LogP) is 4.14. The maximum Gasteiger partial charge on any atom is -0.00477 e. The topological polar surface area (TPSA) is 23.9 Å². The van der Waals surface area contributed by atoms with E-state index in [9.17, 15) is 0 Å². The highest BCUT2D eigenvalue weighted by molar-refractivity contribution is 5.52. The van der Waals surface area contributed by atoms with Crippen LogP contribution in [0.1, 0.15) is 43.2 Å². The van der Waals surface area contributed by atoms with E-state index in [1.54, 1.807) is 0 Å². The summed E-state index contributed by atoms with van der Waals surface area (Å²) in [6.07, 6.45) is 8.68. The standard InChI is InChI=1S/C14H21N/c1-13-8-10-14(11-9-13)7-5-3-2-4-6-12-15/h8-12,15H,2-7H2,1H3. The molecule has 0 aliphatic heterocycles. The number of nitrogens with one attached hydrogen (secondary N) is 1. The van der Waals surface area contributed by atoms with Gasteiger partial charge in [-0.05, 0) is 44.4 Å². The predicted molar refractivity (Wildman–Crippen MR) is 66.8 cm³/mol. The molecule has 1 rings (SSSR count). The van der Waals surface area contributed by atoms with Gasteiger partial charge in [0.1, 0.15) is 0 Å². The van der Waals surface area contributed by atoms with Crippen LogP contribution in [0.4, 0.5) is 0 Å². The average molecular weight is 203 g/mol. The number of hydrogen-bond acceptors (Lipinski definition) is 1. The second kappa shape index (κ2) is 7.22. The summed E-state index contributed by atoms with van der Waals surface area (Å²) >= 11 is 0. The van der Waals surface area contributed by atoms with Crippen LogP contribution in [0.2, 0.25) is 0 Å². The highest BCUT2D eigenvalue weighted by atomic mass is 14.3. The van der Waals surface area contributed by atoms with E-state index in [4.69, 9.17) is 5.41 Å². The molecule has 0 radical (unpaired) electrons. The lowest BCUT2D eigenvalue weighted by atomic mass is 10.0. The number of unbranched alkanes of at least 4 members (excludes halogenated alkanes) is 4.